The van der Waals surface area contributed by atoms with Crippen molar-refractivity contribution in [2.24, 2.45) is 0 Å². The highest BCUT2D eigenvalue weighted by molar-refractivity contribution is 7.27. The fourth-order valence-electron chi connectivity index (χ4n) is 8.54. The van der Waals surface area contributed by atoms with E-state index in [2.05, 4.69) is 168 Å². The van der Waals surface area contributed by atoms with Gasteiger partial charge in [-0.1, -0.05) is 140 Å². The van der Waals surface area contributed by atoms with Crippen molar-refractivity contribution in [3.05, 3.63) is 164 Å². The molecule has 0 spiro atoms. The van der Waals surface area contributed by atoms with Crippen LogP contribution in [0.2, 0.25) is 0 Å². The maximum Gasteiger partial charge on any atom is 0.236 e. The van der Waals surface area contributed by atoms with Crippen LogP contribution in [0.5, 0.6) is 0 Å². The second kappa shape index (κ2) is 11.1. The molecule has 53 heavy (non-hydrogen) atoms. The molecule has 5 heteroatoms. The van der Waals surface area contributed by atoms with Crippen LogP contribution in [-0.2, 0) is 0 Å². The molecule has 0 aliphatic heterocycles. The molecule has 0 radical (unpaired) electrons. The highest BCUT2D eigenvalue weighted by Gasteiger charge is 2.25. The Labute approximate surface area is 311 Å². The fraction of sp³-hybridized carbons (Fsp3) is 0. The van der Waals surface area contributed by atoms with Gasteiger partial charge in [0, 0.05) is 57.4 Å². The number of hydrogen-bond acceptors (Lipinski definition) is 4. The molecule has 8 aromatic carbocycles. The number of rotatable bonds is 3. The summed E-state index contributed by atoms with van der Waals surface area (Å²) in [5.74, 6) is 0.685. The van der Waals surface area contributed by atoms with Crippen LogP contribution in [0.15, 0.2) is 164 Å². The summed E-state index contributed by atoms with van der Waals surface area (Å²) in [4.78, 5) is 12.2. The predicted octanol–water partition coefficient (Wildman–Crippen LogP) is 13.9. The number of para-hydroxylation sites is 1. The molecule has 0 saturated heterocycles. The molecule has 0 amide bonds. The number of hydrogen-bond donors (Lipinski definition) is 0. The number of fused-ring (bicyclic) bond motifs is 15. The molecular formula is C48H27N3S2. The Kier molecular flexibility index (Phi) is 6.09. The van der Waals surface area contributed by atoms with E-state index < -0.39 is 0 Å². The van der Waals surface area contributed by atoms with Crippen molar-refractivity contribution in [2.75, 3.05) is 0 Å². The van der Waals surface area contributed by atoms with E-state index in [-0.39, 0.29) is 0 Å². The molecule has 3 nitrogen and oxygen atoms in total. The van der Waals surface area contributed by atoms with Crippen molar-refractivity contribution in [3.8, 4) is 28.3 Å². The third-order valence-electron chi connectivity index (χ3n) is 10.8. The zero-order chi connectivity index (χ0) is 34.6. The molecule has 4 aromatic heterocycles. The molecule has 0 bridgehead atoms. The minimum absolute atomic E-state index is 0.685. The standard InChI is InChI=1S/C48H27N3S2/c1-2-13-28(14-3-1)30-16-12-17-31(27-30)44-43-41-32-18-5-4-15-29(32)25-26-39(41)53-47(43)50-48(49-44)51-37-23-10-8-21-35(37)42-45(51)34-20-7-6-19-33(34)40-36-22-9-11-24-38(36)52-46(40)42/h1-27H. The van der Waals surface area contributed by atoms with E-state index in [1.807, 2.05) is 11.3 Å². The molecule has 4 heterocycles. The second-order valence-corrected chi connectivity index (χ2v) is 15.8. The summed E-state index contributed by atoms with van der Waals surface area (Å²) in [6, 6.07) is 59.1. The Morgan fingerprint density at radius 3 is 2.00 bits per heavy atom. The maximum absolute atomic E-state index is 5.67. The first-order chi connectivity index (χ1) is 26.3. The van der Waals surface area contributed by atoms with Gasteiger partial charge in [0.1, 0.15) is 4.83 Å². The van der Waals surface area contributed by atoms with Gasteiger partial charge in [-0.15, -0.1) is 22.7 Å². The average Bonchev–Trinajstić information content (AvgIpc) is 3.91. The predicted molar refractivity (Wildman–Crippen MR) is 228 cm³/mol. The van der Waals surface area contributed by atoms with Crippen molar-refractivity contribution in [2.45, 2.75) is 0 Å². The molecule has 0 saturated carbocycles. The lowest BCUT2D eigenvalue weighted by molar-refractivity contribution is 1.02. The fourth-order valence-corrected chi connectivity index (χ4v) is 10.9. The van der Waals surface area contributed by atoms with E-state index in [1.54, 1.807) is 11.3 Å². The van der Waals surface area contributed by atoms with Crippen LogP contribution in [0.25, 0.3) is 112 Å². The summed E-state index contributed by atoms with van der Waals surface area (Å²) in [5, 5.41) is 12.3. The third-order valence-corrected chi connectivity index (χ3v) is 13.0. The summed E-state index contributed by atoms with van der Waals surface area (Å²) in [6.07, 6.45) is 0. The third kappa shape index (κ3) is 4.15. The van der Waals surface area contributed by atoms with Crippen molar-refractivity contribution < 1.29 is 0 Å². The van der Waals surface area contributed by atoms with Gasteiger partial charge in [-0.25, -0.2) is 9.97 Å². The van der Waals surface area contributed by atoms with E-state index >= 15 is 0 Å². The number of benzene rings is 8. The van der Waals surface area contributed by atoms with Gasteiger partial charge in [0.05, 0.1) is 16.7 Å². The van der Waals surface area contributed by atoms with Crippen molar-refractivity contribution in [3.63, 3.8) is 0 Å². The molecule has 0 fully saturated rings. The monoisotopic (exact) mass is 709 g/mol. The number of nitrogens with zero attached hydrogens (tertiary/aromatic N) is 3. The van der Waals surface area contributed by atoms with Gasteiger partial charge in [0.15, 0.2) is 0 Å². The minimum atomic E-state index is 0.685. The smallest absolute Gasteiger partial charge is 0.236 e. The first-order valence-corrected chi connectivity index (χ1v) is 19.5. The first-order valence-electron chi connectivity index (χ1n) is 17.8. The molecule has 246 valence electrons. The summed E-state index contributed by atoms with van der Waals surface area (Å²) in [7, 11) is 0. The van der Waals surface area contributed by atoms with Crippen LogP contribution in [0.4, 0.5) is 0 Å². The van der Waals surface area contributed by atoms with Crippen molar-refractivity contribution in [1.82, 2.24) is 14.5 Å². The van der Waals surface area contributed by atoms with Gasteiger partial charge >= 0.3 is 0 Å². The van der Waals surface area contributed by atoms with E-state index in [4.69, 9.17) is 9.97 Å². The van der Waals surface area contributed by atoms with E-state index in [1.165, 1.54) is 68.1 Å². The first kappa shape index (κ1) is 29.2. The quantitative estimate of drug-likeness (QED) is 0.183. The van der Waals surface area contributed by atoms with E-state index in [9.17, 15) is 0 Å². The lowest BCUT2D eigenvalue weighted by Gasteiger charge is -2.13. The Bertz CT molecular complexity index is 3460. The van der Waals surface area contributed by atoms with Gasteiger partial charge in [-0.05, 0) is 51.6 Å². The van der Waals surface area contributed by atoms with Crippen molar-refractivity contribution >= 4 is 106 Å². The molecule has 0 atom stereocenters. The SMILES string of the molecule is c1ccc(-c2cccc(-c3nc(-n4c5ccccc5c5c6sc7ccccc7c6c6ccccc6c54)nc4sc5ccc6ccccc6c5c34)c2)cc1. The van der Waals surface area contributed by atoms with Crippen LogP contribution in [0.1, 0.15) is 0 Å². The van der Waals surface area contributed by atoms with Gasteiger partial charge in [0.2, 0.25) is 5.95 Å². The maximum atomic E-state index is 5.67. The summed E-state index contributed by atoms with van der Waals surface area (Å²) in [5.41, 5.74) is 6.62. The molecule has 12 aromatic rings. The highest BCUT2D eigenvalue weighted by atomic mass is 32.1. The summed E-state index contributed by atoms with van der Waals surface area (Å²) >= 11 is 3.64. The largest absolute Gasteiger partial charge is 0.277 e. The van der Waals surface area contributed by atoms with Gasteiger partial charge in [-0.2, -0.15) is 0 Å². The average molecular weight is 710 g/mol. The van der Waals surface area contributed by atoms with Crippen LogP contribution < -0.4 is 0 Å². The molecule has 0 N–H and O–H groups in total. The number of thiophene rings is 2. The molecular weight excluding hydrogens is 683 g/mol. The Morgan fingerprint density at radius 1 is 0.415 bits per heavy atom. The zero-order valence-corrected chi connectivity index (χ0v) is 29.9. The van der Waals surface area contributed by atoms with E-state index in [0.29, 0.717) is 5.95 Å². The summed E-state index contributed by atoms with van der Waals surface area (Å²) in [6.45, 7) is 0. The minimum Gasteiger partial charge on any atom is -0.277 e. The van der Waals surface area contributed by atoms with Gasteiger partial charge < -0.3 is 0 Å². The topological polar surface area (TPSA) is 30.7 Å². The Morgan fingerprint density at radius 2 is 1.11 bits per heavy atom. The van der Waals surface area contributed by atoms with Crippen LogP contribution in [-0.4, -0.2) is 14.5 Å². The zero-order valence-electron chi connectivity index (χ0n) is 28.2. The molecule has 0 unspecified atom stereocenters. The van der Waals surface area contributed by atoms with Crippen molar-refractivity contribution in [1.29, 1.82) is 0 Å². The van der Waals surface area contributed by atoms with Crippen LogP contribution >= 0.6 is 22.7 Å². The molecule has 0 aliphatic rings. The van der Waals surface area contributed by atoms with Gasteiger partial charge in [0.25, 0.3) is 0 Å². The number of aromatic nitrogens is 3. The normalized spacial score (nSPS) is 12.2. The van der Waals surface area contributed by atoms with Crippen LogP contribution in [0, 0.1) is 0 Å². The summed E-state index contributed by atoms with van der Waals surface area (Å²) < 4.78 is 6.15. The Balaban J connectivity index is 1.26. The van der Waals surface area contributed by atoms with Crippen LogP contribution in [0.3, 0.4) is 0 Å². The van der Waals surface area contributed by atoms with Gasteiger partial charge in [-0.3, -0.25) is 4.57 Å². The lowest BCUT2D eigenvalue weighted by atomic mass is 9.98. The molecule has 0 aliphatic carbocycles. The lowest BCUT2D eigenvalue weighted by Crippen LogP contribution is -2.03. The Hall–Kier alpha value is -6.40. The molecule has 12 rings (SSSR count). The second-order valence-electron chi connectivity index (χ2n) is 13.7. The highest BCUT2D eigenvalue weighted by Crippen LogP contribution is 2.49. The van der Waals surface area contributed by atoms with E-state index in [0.717, 1.165) is 38.1 Å².